The number of benzene rings is 1. The largest absolute Gasteiger partial charge is 0.497 e. The van der Waals surface area contributed by atoms with Gasteiger partial charge in [0, 0.05) is 19.5 Å². The summed E-state index contributed by atoms with van der Waals surface area (Å²) < 4.78 is 9.78. The summed E-state index contributed by atoms with van der Waals surface area (Å²) in [4.78, 5) is 15.6. The van der Waals surface area contributed by atoms with Crippen LogP contribution in [0.1, 0.15) is 38.2 Å². The molecule has 0 spiro atoms. The van der Waals surface area contributed by atoms with Crippen LogP contribution in [0, 0.1) is 0 Å². The third-order valence-electron chi connectivity index (χ3n) is 3.50. The minimum atomic E-state index is -0.141. The molecule has 0 saturated heterocycles. The molecule has 1 rings (SSSR count). The average Bonchev–Trinajstić information content (AvgIpc) is 2.62. The first-order valence-electron chi connectivity index (χ1n) is 8.41. The number of methoxy groups -OCH3 is 2. The van der Waals surface area contributed by atoms with Crippen LogP contribution in [0.5, 0.6) is 5.75 Å². The first-order valence-corrected chi connectivity index (χ1v) is 8.41. The van der Waals surface area contributed by atoms with Crippen LogP contribution >= 0.6 is 0 Å². The second-order valence-corrected chi connectivity index (χ2v) is 5.36. The predicted octanol–water partition coefficient (Wildman–Crippen LogP) is 2.48. The van der Waals surface area contributed by atoms with Gasteiger partial charge in [0.2, 0.25) is 0 Å². The normalized spacial score (nSPS) is 11.0. The fourth-order valence-corrected chi connectivity index (χ4v) is 2.12. The molecule has 0 bridgehead atoms. The molecular weight excluding hydrogens is 306 g/mol. The van der Waals surface area contributed by atoms with E-state index in [1.807, 2.05) is 31.2 Å². The highest BCUT2D eigenvalue weighted by molar-refractivity contribution is 5.79. The average molecular weight is 335 g/mol. The lowest BCUT2D eigenvalue weighted by atomic mass is 10.2. The number of nitrogens with zero attached hydrogens (tertiary/aromatic N) is 1. The van der Waals surface area contributed by atoms with Gasteiger partial charge in [-0.1, -0.05) is 18.6 Å². The van der Waals surface area contributed by atoms with Crippen molar-refractivity contribution < 1.29 is 14.3 Å². The molecule has 0 saturated carbocycles. The molecule has 0 heterocycles. The highest BCUT2D eigenvalue weighted by atomic mass is 16.5. The third kappa shape index (κ3) is 8.41. The lowest BCUT2D eigenvalue weighted by molar-refractivity contribution is -0.140. The molecule has 1 aromatic carbocycles. The Balaban J connectivity index is 2.32. The third-order valence-corrected chi connectivity index (χ3v) is 3.50. The van der Waals surface area contributed by atoms with Gasteiger partial charge in [0.15, 0.2) is 5.96 Å². The van der Waals surface area contributed by atoms with Crippen molar-refractivity contribution in [3.8, 4) is 5.75 Å². The van der Waals surface area contributed by atoms with Crippen LogP contribution in [0.4, 0.5) is 0 Å². The quantitative estimate of drug-likeness (QED) is 0.297. The van der Waals surface area contributed by atoms with Crippen LogP contribution in [-0.2, 0) is 16.1 Å². The molecule has 0 atom stereocenters. The van der Waals surface area contributed by atoms with Gasteiger partial charge in [-0.05, 0) is 37.5 Å². The summed E-state index contributed by atoms with van der Waals surface area (Å²) in [5.41, 5.74) is 1.13. The van der Waals surface area contributed by atoms with Gasteiger partial charge in [-0.25, -0.2) is 4.99 Å². The predicted molar refractivity (Wildman–Crippen MR) is 96.3 cm³/mol. The Bertz CT molecular complexity index is 501. The van der Waals surface area contributed by atoms with Gasteiger partial charge >= 0.3 is 5.97 Å². The molecule has 0 aromatic heterocycles. The molecule has 0 amide bonds. The second-order valence-electron chi connectivity index (χ2n) is 5.36. The lowest BCUT2D eigenvalue weighted by Crippen LogP contribution is -2.37. The van der Waals surface area contributed by atoms with Crippen LogP contribution in [0.15, 0.2) is 29.3 Å². The Morgan fingerprint density at radius 1 is 1.08 bits per heavy atom. The number of aliphatic imine (C=N–C) groups is 1. The number of guanidine groups is 1. The summed E-state index contributed by atoms with van der Waals surface area (Å²) >= 11 is 0. The van der Waals surface area contributed by atoms with Gasteiger partial charge in [0.1, 0.15) is 5.75 Å². The number of nitrogens with one attached hydrogen (secondary N) is 2. The van der Waals surface area contributed by atoms with Gasteiger partial charge in [-0.3, -0.25) is 4.79 Å². The van der Waals surface area contributed by atoms with Gasteiger partial charge in [-0.2, -0.15) is 0 Å². The van der Waals surface area contributed by atoms with E-state index >= 15 is 0 Å². The summed E-state index contributed by atoms with van der Waals surface area (Å²) in [6, 6.07) is 7.90. The summed E-state index contributed by atoms with van der Waals surface area (Å²) in [6.45, 7) is 4.30. The summed E-state index contributed by atoms with van der Waals surface area (Å²) in [7, 11) is 3.08. The second kappa shape index (κ2) is 12.2. The minimum absolute atomic E-state index is 0.141. The maximum atomic E-state index is 11.0. The fourth-order valence-electron chi connectivity index (χ4n) is 2.12. The number of hydrogen-bond donors (Lipinski definition) is 2. The van der Waals surface area contributed by atoms with Crippen molar-refractivity contribution >= 4 is 11.9 Å². The summed E-state index contributed by atoms with van der Waals surface area (Å²) in [5, 5.41) is 6.55. The van der Waals surface area contributed by atoms with Gasteiger partial charge in [0.05, 0.1) is 20.8 Å². The molecule has 6 nitrogen and oxygen atoms in total. The SMILES string of the molecule is CCNC(=NCc1ccc(OC)cc1)NCCCCCC(=O)OC. The van der Waals surface area contributed by atoms with Crippen molar-refractivity contribution in [2.45, 2.75) is 39.2 Å². The van der Waals surface area contributed by atoms with Gasteiger partial charge in [0.25, 0.3) is 0 Å². The first kappa shape index (κ1) is 19.8. The molecular formula is C18H29N3O3. The van der Waals surface area contributed by atoms with Crippen molar-refractivity contribution in [1.29, 1.82) is 0 Å². The van der Waals surface area contributed by atoms with Gasteiger partial charge < -0.3 is 20.1 Å². The van der Waals surface area contributed by atoms with Crippen LogP contribution in [0.2, 0.25) is 0 Å². The van der Waals surface area contributed by atoms with Crippen molar-refractivity contribution in [3.05, 3.63) is 29.8 Å². The van der Waals surface area contributed by atoms with Crippen LogP contribution in [-0.4, -0.2) is 39.2 Å². The van der Waals surface area contributed by atoms with E-state index in [0.29, 0.717) is 13.0 Å². The Morgan fingerprint density at radius 3 is 2.46 bits per heavy atom. The van der Waals surface area contributed by atoms with E-state index in [1.54, 1.807) is 7.11 Å². The molecule has 0 aliphatic rings. The van der Waals surface area contributed by atoms with Crippen molar-refractivity contribution in [1.82, 2.24) is 10.6 Å². The number of esters is 1. The topological polar surface area (TPSA) is 72.0 Å². The Kier molecular flexibility index (Phi) is 10.1. The van der Waals surface area contributed by atoms with E-state index in [2.05, 4.69) is 20.4 Å². The highest BCUT2D eigenvalue weighted by Gasteiger charge is 2.01. The summed E-state index contributed by atoms with van der Waals surface area (Å²) in [5.74, 6) is 1.51. The zero-order chi connectivity index (χ0) is 17.6. The zero-order valence-corrected chi connectivity index (χ0v) is 14.9. The Morgan fingerprint density at radius 2 is 1.83 bits per heavy atom. The number of ether oxygens (including phenoxy) is 2. The van der Waals surface area contributed by atoms with Crippen molar-refractivity contribution in [2.24, 2.45) is 4.99 Å². The molecule has 0 unspecified atom stereocenters. The van der Waals surface area contributed by atoms with Gasteiger partial charge in [-0.15, -0.1) is 0 Å². The van der Waals surface area contributed by atoms with E-state index in [1.165, 1.54) is 7.11 Å². The van der Waals surface area contributed by atoms with E-state index in [9.17, 15) is 4.79 Å². The van der Waals surface area contributed by atoms with E-state index in [-0.39, 0.29) is 5.97 Å². The standard InChI is InChI=1S/C18H29N3O3/c1-4-19-18(20-13-7-5-6-8-17(22)24-3)21-14-15-9-11-16(23-2)12-10-15/h9-12H,4-8,13-14H2,1-3H3,(H2,19,20,21). The maximum Gasteiger partial charge on any atom is 0.305 e. The molecule has 0 aliphatic heterocycles. The number of unbranched alkanes of at least 4 members (excludes halogenated alkanes) is 2. The lowest BCUT2D eigenvalue weighted by Gasteiger charge is -2.11. The van der Waals surface area contributed by atoms with E-state index in [4.69, 9.17) is 4.74 Å². The molecule has 6 heteroatoms. The maximum absolute atomic E-state index is 11.0. The van der Waals surface area contributed by atoms with Crippen LogP contribution in [0.3, 0.4) is 0 Å². The highest BCUT2D eigenvalue weighted by Crippen LogP contribution is 2.11. The molecule has 24 heavy (non-hydrogen) atoms. The molecule has 0 radical (unpaired) electrons. The number of hydrogen-bond acceptors (Lipinski definition) is 4. The smallest absolute Gasteiger partial charge is 0.305 e. The van der Waals surface area contributed by atoms with E-state index < -0.39 is 0 Å². The minimum Gasteiger partial charge on any atom is -0.497 e. The number of carbonyl (C=O) groups excluding carboxylic acids is 1. The Labute approximate surface area is 144 Å². The molecule has 1 aromatic rings. The monoisotopic (exact) mass is 335 g/mol. The summed E-state index contributed by atoms with van der Waals surface area (Å²) in [6.07, 6.45) is 3.32. The van der Waals surface area contributed by atoms with Crippen LogP contribution < -0.4 is 15.4 Å². The Hall–Kier alpha value is -2.24. The van der Waals surface area contributed by atoms with Crippen LogP contribution in [0.25, 0.3) is 0 Å². The fraction of sp³-hybridized carbons (Fsp3) is 0.556. The van der Waals surface area contributed by atoms with Crippen molar-refractivity contribution in [2.75, 3.05) is 27.3 Å². The number of rotatable bonds is 10. The zero-order valence-electron chi connectivity index (χ0n) is 14.9. The molecule has 2 N–H and O–H groups in total. The molecule has 134 valence electrons. The van der Waals surface area contributed by atoms with E-state index in [0.717, 1.165) is 49.6 Å². The molecule has 0 fully saturated rings. The number of carbonyl (C=O) groups is 1. The molecule has 0 aliphatic carbocycles. The van der Waals surface area contributed by atoms with Crippen molar-refractivity contribution in [3.63, 3.8) is 0 Å². The first-order chi connectivity index (χ1) is 11.7.